The fraction of sp³-hybridized carbons (Fsp3) is 0.261. The number of carbonyl (C=O) groups is 2. The van der Waals surface area contributed by atoms with Crippen molar-refractivity contribution in [3.8, 4) is 5.69 Å². The Balaban J connectivity index is 1.73. The molecule has 9 heteroatoms. The molecule has 2 amide bonds. The zero-order chi connectivity index (χ0) is 23.1. The van der Waals surface area contributed by atoms with Crippen LogP contribution in [0.1, 0.15) is 41.0 Å². The van der Waals surface area contributed by atoms with E-state index in [1.165, 1.54) is 18.3 Å². The van der Waals surface area contributed by atoms with Gasteiger partial charge in [-0.1, -0.05) is 18.2 Å². The van der Waals surface area contributed by atoms with Gasteiger partial charge in [-0.05, 0) is 56.2 Å². The van der Waals surface area contributed by atoms with E-state index >= 15 is 0 Å². The summed E-state index contributed by atoms with van der Waals surface area (Å²) < 4.78 is 19.8. The molecule has 0 saturated heterocycles. The highest BCUT2D eigenvalue weighted by molar-refractivity contribution is 5.91. The van der Waals surface area contributed by atoms with Crippen LogP contribution in [0.4, 0.5) is 14.9 Å². The number of rotatable bonds is 8. The summed E-state index contributed by atoms with van der Waals surface area (Å²) in [5.74, 6) is -0.821. The molecular weight excluding hydrogens is 415 g/mol. The standard InChI is InChI=1S/C23H25FN4O4/c1-3-32-22(30)20-14-25-28(15(20)2)19-6-4-5-18(13-19)26-23(31)27-21(11-12-29)16-7-9-17(24)10-8-16/h4-10,13-14,21,29H,3,11-12H2,1-2H3,(H2,26,27,31). The second-order valence-electron chi connectivity index (χ2n) is 7.04. The molecule has 0 spiro atoms. The normalized spacial score (nSPS) is 11.6. The molecule has 0 fully saturated rings. The highest BCUT2D eigenvalue weighted by Crippen LogP contribution is 2.20. The van der Waals surface area contributed by atoms with E-state index in [1.807, 2.05) is 0 Å². The van der Waals surface area contributed by atoms with Crippen molar-refractivity contribution in [2.24, 2.45) is 0 Å². The minimum atomic E-state index is -0.482. The molecule has 3 N–H and O–H groups in total. The van der Waals surface area contributed by atoms with E-state index in [9.17, 15) is 19.1 Å². The Morgan fingerprint density at radius 2 is 1.97 bits per heavy atom. The van der Waals surface area contributed by atoms with Gasteiger partial charge >= 0.3 is 12.0 Å². The first kappa shape index (κ1) is 23.0. The van der Waals surface area contributed by atoms with Gasteiger partial charge in [0.1, 0.15) is 11.4 Å². The van der Waals surface area contributed by atoms with Gasteiger partial charge in [0.25, 0.3) is 0 Å². The van der Waals surface area contributed by atoms with E-state index in [2.05, 4.69) is 15.7 Å². The SMILES string of the molecule is CCOC(=O)c1cnn(-c2cccc(NC(=O)NC(CCO)c3ccc(F)cc3)c2)c1C. The lowest BCUT2D eigenvalue weighted by Crippen LogP contribution is -2.33. The van der Waals surface area contributed by atoms with Gasteiger partial charge < -0.3 is 20.5 Å². The monoisotopic (exact) mass is 440 g/mol. The molecule has 0 bridgehead atoms. The van der Waals surface area contributed by atoms with Crippen molar-refractivity contribution in [3.05, 3.63) is 77.4 Å². The minimum absolute atomic E-state index is 0.140. The van der Waals surface area contributed by atoms with E-state index in [1.54, 1.807) is 54.9 Å². The van der Waals surface area contributed by atoms with Crippen LogP contribution in [-0.2, 0) is 4.74 Å². The summed E-state index contributed by atoms with van der Waals surface area (Å²) in [5, 5.41) is 19.1. The number of halogens is 1. The number of anilines is 1. The van der Waals surface area contributed by atoms with E-state index in [-0.39, 0.29) is 25.5 Å². The second kappa shape index (κ2) is 10.5. The number of ether oxygens (including phenoxy) is 1. The Bertz CT molecular complexity index is 1080. The van der Waals surface area contributed by atoms with Gasteiger partial charge in [-0.15, -0.1) is 0 Å². The van der Waals surface area contributed by atoms with Crippen LogP contribution in [0.5, 0.6) is 0 Å². The molecule has 1 heterocycles. The Hall–Kier alpha value is -3.72. The summed E-state index contributed by atoms with van der Waals surface area (Å²) in [6, 6.07) is 11.8. The van der Waals surface area contributed by atoms with Crippen LogP contribution in [0.3, 0.4) is 0 Å². The summed E-state index contributed by atoms with van der Waals surface area (Å²) in [6.45, 7) is 3.62. The van der Waals surface area contributed by atoms with Gasteiger partial charge in [-0.25, -0.2) is 18.7 Å². The fourth-order valence-corrected chi connectivity index (χ4v) is 3.27. The number of aromatic nitrogens is 2. The van der Waals surface area contributed by atoms with Crippen LogP contribution in [0.25, 0.3) is 5.69 Å². The first-order valence-corrected chi connectivity index (χ1v) is 10.2. The summed E-state index contributed by atoms with van der Waals surface area (Å²) >= 11 is 0. The van der Waals surface area contributed by atoms with Crippen LogP contribution >= 0.6 is 0 Å². The molecule has 2 aromatic carbocycles. The van der Waals surface area contributed by atoms with Crippen LogP contribution in [-0.4, -0.2) is 40.1 Å². The maximum atomic E-state index is 13.2. The van der Waals surface area contributed by atoms with Crippen molar-refractivity contribution in [1.29, 1.82) is 0 Å². The molecule has 1 unspecified atom stereocenters. The number of hydrogen-bond acceptors (Lipinski definition) is 5. The van der Waals surface area contributed by atoms with Crippen molar-refractivity contribution in [2.75, 3.05) is 18.5 Å². The van der Waals surface area contributed by atoms with E-state index < -0.39 is 18.0 Å². The number of nitrogens with zero attached hydrogens (tertiary/aromatic N) is 2. The third-order valence-corrected chi connectivity index (χ3v) is 4.85. The van der Waals surface area contributed by atoms with Gasteiger partial charge in [0.05, 0.1) is 30.2 Å². The van der Waals surface area contributed by atoms with Crippen LogP contribution in [0.2, 0.25) is 0 Å². The highest BCUT2D eigenvalue weighted by atomic mass is 19.1. The molecule has 0 saturated carbocycles. The lowest BCUT2D eigenvalue weighted by Gasteiger charge is -2.19. The lowest BCUT2D eigenvalue weighted by molar-refractivity contribution is 0.0525. The topological polar surface area (TPSA) is 105 Å². The summed E-state index contributed by atoms with van der Waals surface area (Å²) in [4.78, 5) is 24.6. The summed E-state index contributed by atoms with van der Waals surface area (Å²) in [7, 11) is 0. The van der Waals surface area contributed by atoms with Crippen molar-refractivity contribution in [2.45, 2.75) is 26.3 Å². The third kappa shape index (κ3) is 5.50. The molecule has 0 aliphatic carbocycles. The number of aliphatic hydroxyl groups excluding tert-OH is 1. The minimum Gasteiger partial charge on any atom is -0.462 e. The van der Waals surface area contributed by atoms with Crippen LogP contribution in [0.15, 0.2) is 54.7 Å². The second-order valence-corrected chi connectivity index (χ2v) is 7.04. The van der Waals surface area contributed by atoms with E-state index in [4.69, 9.17) is 4.74 Å². The molecule has 0 aliphatic rings. The molecule has 0 aliphatic heterocycles. The summed E-state index contributed by atoms with van der Waals surface area (Å²) in [5.41, 5.74) is 2.83. The third-order valence-electron chi connectivity index (χ3n) is 4.85. The van der Waals surface area contributed by atoms with Gasteiger partial charge in [-0.2, -0.15) is 5.10 Å². The Morgan fingerprint density at radius 3 is 2.66 bits per heavy atom. The molecule has 8 nitrogen and oxygen atoms in total. The highest BCUT2D eigenvalue weighted by Gasteiger charge is 2.17. The number of amides is 2. The molecule has 168 valence electrons. The predicted octanol–water partition coefficient (Wildman–Crippen LogP) is 3.74. The molecular formula is C23H25FN4O4. The number of aliphatic hydroxyl groups is 1. The van der Waals surface area contributed by atoms with Crippen molar-refractivity contribution >= 4 is 17.7 Å². The Kier molecular flexibility index (Phi) is 7.56. The number of carbonyl (C=O) groups excluding carboxylic acids is 2. The number of hydrogen-bond donors (Lipinski definition) is 3. The molecule has 0 radical (unpaired) electrons. The summed E-state index contributed by atoms with van der Waals surface area (Å²) in [6.07, 6.45) is 1.73. The van der Waals surface area contributed by atoms with Gasteiger partial charge in [0.2, 0.25) is 0 Å². The van der Waals surface area contributed by atoms with Crippen molar-refractivity contribution < 1.29 is 23.8 Å². The van der Waals surface area contributed by atoms with E-state index in [0.29, 0.717) is 28.2 Å². The Labute approximate surface area is 185 Å². The van der Waals surface area contributed by atoms with Crippen LogP contribution in [0, 0.1) is 12.7 Å². The number of benzene rings is 2. The number of esters is 1. The van der Waals surface area contributed by atoms with E-state index in [0.717, 1.165) is 0 Å². The molecule has 3 aromatic rings. The smallest absolute Gasteiger partial charge is 0.341 e. The molecule has 32 heavy (non-hydrogen) atoms. The maximum absolute atomic E-state index is 13.2. The largest absolute Gasteiger partial charge is 0.462 e. The Morgan fingerprint density at radius 1 is 1.22 bits per heavy atom. The average molecular weight is 440 g/mol. The molecule has 3 rings (SSSR count). The fourth-order valence-electron chi connectivity index (χ4n) is 3.27. The van der Waals surface area contributed by atoms with Crippen molar-refractivity contribution in [3.63, 3.8) is 0 Å². The van der Waals surface area contributed by atoms with Gasteiger partial charge in [0, 0.05) is 12.3 Å². The maximum Gasteiger partial charge on any atom is 0.341 e. The predicted molar refractivity (Wildman–Crippen MR) is 117 cm³/mol. The lowest BCUT2D eigenvalue weighted by atomic mass is 10.0. The first-order chi connectivity index (χ1) is 15.4. The van der Waals surface area contributed by atoms with Crippen LogP contribution < -0.4 is 10.6 Å². The first-order valence-electron chi connectivity index (χ1n) is 10.2. The van der Waals surface area contributed by atoms with Gasteiger partial charge in [0.15, 0.2) is 0 Å². The quantitative estimate of drug-likeness (QED) is 0.463. The molecule has 1 aromatic heterocycles. The van der Waals surface area contributed by atoms with Crippen molar-refractivity contribution in [1.82, 2.24) is 15.1 Å². The number of nitrogens with one attached hydrogen (secondary N) is 2. The molecule has 1 atom stereocenters. The van der Waals surface area contributed by atoms with Gasteiger partial charge in [-0.3, -0.25) is 0 Å². The number of urea groups is 1. The zero-order valence-corrected chi connectivity index (χ0v) is 17.8. The zero-order valence-electron chi connectivity index (χ0n) is 17.8. The average Bonchev–Trinajstić information content (AvgIpc) is 3.16.